The molecule has 1 heterocycles. The third-order valence-corrected chi connectivity index (χ3v) is 6.49. The van der Waals surface area contributed by atoms with Gasteiger partial charge >= 0.3 is 12.1 Å². The largest absolute Gasteiger partial charge is 0.480 e. The Bertz CT molecular complexity index is 1500. The van der Waals surface area contributed by atoms with E-state index in [1.54, 1.807) is 42.9 Å². The molecule has 3 N–H and O–H groups in total. The first kappa shape index (κ1) is 28.0. The monoisotopic (exact) mass is 544 g/mol. The number of halogens is 1. The number of rotatable bonds is 9. The van der Waals surface area contributed by atoms with Gasteiger partial charge in [-0.25, -0.2) is 14.0 Å². The van der Waals surface area contributed by atoms with E-state index < -0.39 is 35.9 Å². The third-order valence-electron chi connectivity index (χ3n) is 6.49. The highest BCUT2D eigenvalue weighted by Crippen LogP contribution is 2.30. The van der Waals surface area contributed by atoms with Crippen LogP contribution in [-0.2, 0) is 23.0 Å². The quantitative estimate of drug-likeness (QED) is 0.264. The molecule has 4 rings (SSSR count). The van der Waals surface area contributed by atoms with Gasteiger partial charge in [0.15, 0.2) is 0 Å². The number of hydrogen-bond donors (Lipinski definition) is 3. The second-order valence-corrected chi connectivity index (χ2v) is 9.29. The number of benzene rings is 3. The maximum absolute atomic E-state index is 13.2. The summed E-state index contributed by atoms with van der Waals surface area (Å²) in [4.78, 5) is 37.3. The molecule has 0 saturated carbocycles. The number of carboxylic acids is 1. The number of carbonyl (C=O) groups is 3. The molecule has 2 atom stereocenters. The number of hydrogen-bond acceptors (Lipinski definition) is 5. The molecule has 9 nitrogen and oxygen atoms in total. The summed E-state index contributed by atoms with van der Waals surface area (Å²) < 4.78 is 20.3. The molecule has 206 valence electrons. The van der Waals surface area contributed by atoms with Crippen LogP contribution in [0.1, 0.15) is 40.2 Å². The summed E-state index contributed by atoms with van der Waals surface area (Å²) in [5.74, 6) is -2.21. The van der Waals surface area contributed by atoms with Crippen LogP contribution in [0.25, 0.3) is 11.3 Å². The van der Waals surface area contributed by atoms with Gasteiger partial charge in [0.1, 0.15) is 23.7 Å². The van der Waals surface area contributed by atoms with Gasteiger partial charge in [0.2, 0.25) is 0 Å². The Morgan fingerprint density at radius 2 is 1.65 bits per heavy atom. The fourth-order valence-corrected chi connectivity index (χ4v) is 4.12. The molecule has 4 aromatic rings. The molecule has 40 heavy (non-hydrogen) atoms. The van der Waals surface area contributed by atoms with Crippen molar-refractivity contribution in [2.75, 3.05) is 5.32 Å². The van der Waals surface area contributed by atoms with Crippen LogP contribution < -0.4 is 10.6 Å². The Labute approximate surface area is 230 Å². The lowest BCUT2D eigenvalue weighted by Gasteiger charge is -2.15. The van der Waals surface area contributed by atoms with E-state index in [0.29, 0.717) is 28.2 Å². The second-order valence-electron chi connectivity index (χ2n) is 9.29. The van der Waals surface area contributed by atoms with Gasteiger partial charge in [0, 0.05) is 24.6 Å². The van der Waals surface area contributed by atoms with Crippen molar-refractivity contribution in [3.05, 3.63) is 107 Å². The zero-order valence-corrected chi connectivity index (χ0v) is 22.2. The summed E-state index contributed by atoms with van der Waals surface area (Å²) in [5, 5.41) is 19.4. The fourth-order valence-electron chi connectivity index (χ4n) is 4.12. The highest BCUT2D eigenvalue weighted by Gasteiger charge is 2.23. The Balaban J connectivity index is 1.46. The molecule has 10 heteroatoms. The topological polar surface area (TPSA) is 123 Å². The van der Waals surface area contributed by atoms with Crippen LogP contribution in [0.3, 0.4) is 0 Å². The standard InChI is InChI=1S/C30H29FN4O5/c1-18-26(33-30(39)40-19(2)21-7-5-4-6-8-21)27(34-35(18)3)22-11-13-23(14-12-22)28(36)32-25(29(37)38)17-20-9-15-24(31)16-10-20/h4-16,19,25H,17H2,1-3H3,(H,32,36)(H,33,39)(H,37,38)/t19-,25-/m1/s1. The predicted molar refractivity (Wildman–Crippen MR) is 147 cm³/mol. The smallest absolute Gasteiger partial charge is 0.412 e. The van der Waals surface area contributed by atoms with Crippen LogP contribution in [0.2, 0.25) is 0 Å². The van der Waals surface area contributed by atoms with Gasteiger partial charge in [-0.3, -0.25) is 14.8 Å². The number of amides is 2. The molecule has 2 amide bonds. The molecule has 0 unspecified atom stereocenters. The lowest BCUT2D eigenvalue weighted by atomic mass is 10.0. The number of anilines is 1. The van der Waals surface area contributed by atoms with E-state index in [1.165, 1.54) is 24.3 Å². The number of carboxylic acid groups (broad SMARTS) is 1. The molecular weight excluding hydrogens is 515 g/mol. The van der Waals surface area contributed by atoms with E-state index in [0.717, 1.165) is 5.56 Å². The number of nitrogens with zero attached hydrogens (tertiary/aromatic N) is 2. The lowest BCUT2D eigenvalue weighted by Crippen LogP contribution is -2.42. The molecule has 0 bridgehead atoms. The molecule has 3 aromatic carbocycles. The molecule has 1 aromatic heterocycles. The van der Waals surface area contributed by atoms with Crippen LogP contribution in [-0.4, -0.2) is 38.9 Å². The maximum Gasteiger partial charge on any atom is 0.412 e. The molecule has 0 aliphatic carbocycles. The summed E-state index contributed by atoms with van der Waals surface area (Å²) in [6.07, 6.45) is -1.09. The summed E-state index contributed by atoms with van der Waals surface area (Å²) in [6.45, 7) is 3.59. The minimum Gasteiger partial charge on any atom is -0.480 e. The fraction of sp³-hybridized carbons (Fsp3) is 0.200. The zero-order valence-electron chi connectivity index (χ0n) is 22.2. The van der Waals surface area contributed by atoms with E-state index in [2.05, 4.69) is 15.7 Å². The van der Waals surface area contributed by atoms with Gasteiger partial charge in [-0.1, -0.05) is 54.6 Å². The Morgan fingerprint density at radius 3 is 2.27 bits per heavy atom. The van der Waals surface area contributed by atoms with E-state index >= 15 is 0 Å². The van der Waals surface area contributed by atoms with Gasteiger partial charge in [-0.2, -0.15) is 5.10 Å². The molecular formula is C30H29FN4O5. The summed E-state index contributed by atoms with van der Waals surface area (Å²) in [5.41, 5.74) is 3.96. The van der Waals surface area contributed by atoms with Gasteiger partial charge in [0.05, 0.1) is 11.4 Å². The predicted octanol–water partition coefficient (Wildman–Crippen LogP) is 5.27. The first-order chi connectivity index (χ1) is 19.1. The van der Waals surface area contributed by atoms with Crippen LogP contribution in [0.4, 0.5) is 14.9 Å². The van der Waals surface area contributed by atoms with Gasteiger partial charge in [-0.15, -0.1) is 0 Å². The van der Waals surface area contributed by atoms with Crippen LogP contribution in [0.15, 0.2) is 78.9 Å². The summed E-state index contributed by atoms with van der Waals surface area (Å²) >= 11 is 0. The van der Waals surface area contributed by atoms with Crippen LogP contribution >= 0.6 is 0 Å². The Morgan fingerprint density at radius 1 is 1.00 bits per heavy atom. The van der Waals surface area contributed by atoms with Crippen LogP contribution in [0, 0.1) is 12.7 Å². The number of aliphatic carboxylic acids is 1. The summed E-state index contributed by atoms with van der Waals surface area (Å²) in [6, 6.07) is 20.0. The molecule has 0 aliphatic rings. The first-order valence-corrected chi connectivity index (χ1v) is 12.6. The van der Waals surface area contributed by atoms with E-state index in [9.17, 15) is 23.9 Å². The average molecular weight is 545 g/mol. The highest BCUT2D eigenvalue weighted by atomic mass is 19.1. The first-order valence-electron chi connectivity index (χ1n) is 12.6. The lowest BCUT2D eigenvalue weighted by molar-refractivity contribution is -0.139. The minimum atomic E-state index is -1.21. The Hall–Kier alpha value is -4.99. The molecule has 0 fully saturated rings. The van der Waals surface area contributed by atoms with Crippen LogP contribution in [0.5, 0.6) is 0 Å². The number of aryl methyl sites for hydroxylation is 1. The summed E-state index contributed by atoms with van der Waals surface area (Å²) in [7, 11) is 1.75. The third kappa shape index (κ3) is 6.71. The van der Waals surface area contributed by atoms with Crippen molar-refractivity contribution in [2.45, 2.75) is 32.4 Å². The zero-order chi connectivity index (χ0) is 28.8. The van der Waals surface area contributed by atoms with Crippen molar-refractivity contribution in [2.24, 2.45) is 7.05 Å². The van der Waals surface area contributed by atoms with Gasteiger partial charge in [-0.05, 0) is 49.2 Å². The van der Waals surface area contributed by atoms with E-state index in [4.69, 9.17) is 4.74 Å². The molecule has 0 spiro atoms. The molecule has 0 aliphatic heterocycles. The highest BCUT2D eigenvalue weighted by molar-refractivity contribution is 5.97. The van der Waals surface area contributed by atoms with Gasteiger partial charge in [0.25, 0.3) is 5.91 Å². The SMILES string of the molecule is Cc1c(NC(=O)O[C@H](C)c2ccccc2)c(-c2ccc(C(=O)N[C@H](Cc3ccc(F)cc3)C(=O)O)cc2)nn1C. The molecule has 0 saturated heterocycles. The van der Waals surface area contributed by atoms with Gasteiger partial charge < -0.3 is 15.2 Å². The van der Waals surface area contributed by atoms with Crippen molar-refractivity contribution < 1.29 is 28.6 Å². The average Bonchev–Trinajstić information content (AvgIpc) is 3.22. The molecule has 0 radical (unpaired) electrons. The van der Waals surface area contributed by atoms with Crippen molar-refractivity contribution in [3.8, 4) is 11.3 Å². The van der Waals surface area contributed by atoms with Crippen molar-refractivity contribution in [1.82, 2.24) is 15.1 Å². The number of ether oxygens (including phenoxy) is 1. The van der Waals surface area contributed by atoms with Crippen molar-refractivity contribution in [1.29, 1.82) is 0 Å². The minimum absolute atomic E-state index is 0.000662. The number of carbonyl (C=O) groups excluding carboxylic acids is 2. The number of aromatic nitrogens is 2. The maximum atomic E-state index is 13.2. The van der Waals surface area contributed by atoms with E-state index in [-0.39, 0.29) is 12.0 Å². The van der Waals surface area contributed by atoms with Crippen molar-refractivity contribution >= 4 is 23.7 Å². The number of nitrogens with one attached hydrogen (secondary N) is 2. The van der Waals surface area contributed by atoms with Crippen molar-refractivity contribution in [3.63, 3.8) is 0 Å². The van der Waals surface area contributed by atoms with E-state index in [1.807, 2.05) is 37.3 Å². The Kier molecular flexibility index (Phi) is 8.58. The second kappa shape index (κ2) is 12.2. The normalized spacial score (nSPS) is 12.3.